The van der Waals surface area contributed by atoms with Crippen LogP contribution in [0.2, 0.25) is 0 Å². The van der Waals surface area contributed by atoms with E-state index in [1.807, 2.05) is 0 Å². The highest BCUT2D eigenvalue weighted by Gasteiger charge is 2.63. The van der Waals surface area contributed by atoms with Crippen molar-refractivity contribution < 1.29 is 24.6 Å². The van der Waals surface area contributed by atoms with Gasteiger partial charge in [-0.15, -0.1) is 6.42 Å². The number of carbonyl (C=O) groups excluding carboxylic acids is 1. The Hall–Kier alpha value is -2.33. The quantitative estimate of drug-likeness (QED) is 0.448. The number of rotatable bonds is 5. The highest BCUT2D eigenvalue weighted by atomic mass is 16.6. The lowest BCUT2D eigenvalue weighted by atomic mass is 9.46. The summed E-state index contributed by atoms with van der Waals surface area (Å²) in [5.74, 6) is 2.80. The van der Waals surface area contributed by atoms with Crippen LogP contribution in [0, 0.1) is 40.9 Å². The Labute approximate surface area is 189 Å². The van der Waals surface area contributed by atoms with E-state index in [-0.39, 0.29) is 17.4 Å². The van der Waals surface area contributed by atoms with Gasteiger partial charge < -0.3 is 20.4 Å². The third-order valence-electron chi connectivity index (χ3n) is 9.18. The number of oxime groups is 1. The number of amides is 1. The molecule has 7 heteroatoms. The highest BCUT2D eigenvalue weighted by molar-refractivity contribution is 5.96. The summed E-state index contributed by atoms with van der Waals surface area (Å²) in [4.78, 5) is 27.3. The Morgan fingerprint density at radius 1 is 1.22 bits per heavy atom. The van der Waals surface area contributed by atoms with Gasteiger partial charge in [-0.2, -0.15) is 0 Å². The van der Waals surface area contributed by atoms with Gasteiger partial charge >= 0.3 is 5.97 Å². The number of fused-ring (bicyclic) bond motifs is 5. The number of hydrogen-bond donors (Lipinski definition) is 3. The summed E-state index contributed by atoms with van der Waals surface area (Å²) in [6.45, 7) is 3.88. The highest BCUT2D eigenvalue weighted by Crippen LogP contribution is 2.67. The Balaban J connectivity index is 1.44. The molecule has 4 aliphatic carbocycles. The van der Waals surface area contributed by atoms with Gasteiger partial charge in [0.2, 0.25) is 0 Å². The van der Waals surface area contributed by atoms with E-state index in [1.54, 1.807) is 0 Å². The topological polar surface area (TPSA) is 108 Å². The molecule has 7 nitrogen and oxygen atoms in total. The molecule has 6 atom stereocenters. The number of hydrogen-bond acceptors (Lipinski definition) is 5. The van der Waals surface area contributed by atoms with Crippen molar-refractivity contribution in [3.05, 3.63) is 11.6 Å². The van der Waals surface area contributed by atoms with Crippen molar-refractivity contribution in [2.75, 3.05) is 13.2 Å². The minimum Gasteiger partial charge on any atom is -0.480 e. The number of carboxylic acid groups (broad SMARTS) is 1. The second-order valence-corrected chi connectivity index (χ2v) is 10.5. The van der Waals surface area contributed by atoms with E-state index in [4.69, 9.17) is 16.4 Å². The number of carbonyl (C=O) groups is 2. The van der Waals surface area contributed by atoms with E-state index in [2.05, 4.69) is 36.3 Å². The van der Waals surface area contributed by atoms with E-state index in [0.717, 1.165) is 50.7 Å². The molecule has 3 fully saturated rings. The molecule has 0 aliphatic heterocycles. The fourth-order valence-electron chi connectivity index (χ4n) is 7.30. The number of nitrogens with zero attached hydrogens (tertiary/aromatic N) is 1. The summed E-state index contributed by atoms with van der Waals surface area (Å²) in [5.41, 5.74) is 1.22. The van der Waals surface area contributed by atoms with Crippen LogP contribution in [0.3, 0.4) is 0 Å². The maximum Gasteiger partial charge on any atom is 0.322 e. The van der Waals surface area contributed by atoms with Gasteiger partial charge in [0.05, 0.1) is 5.71 Å². The molecule has 0 bridgehead atoms. The average molecular weight is 443 g/mol. The Morgan fingerprint density at radius 3 is 2.69 bits per heavy atom. The molecule has 4 aliphatic rings. The van der Waals surface area contributed by atoms with Crippen LogP contribution in [0.5, 0.6) is 0 Å². The van der Waals surface area contributed by atoms with Gasteiger partial charge in [0, 0.05) is 5.41 Å². The van der Waals surface area contributed by atoms with Gasteiger partial charge in [-0.25, -0.2) is 0 Å². The molecule has 0 heterocycles. The predicted octanol–water partition coefficient (Wildman–Crippen LogP) is 2.89. The van der Waals surface area contributed by atoms with Crippen LogP contribution in [0.15, 0.2) is 16.8 Å². The summed E-state index contributed by atoms with van der Waals surface area (Å²) in [5, 5.41) is 26.1. The molecule has 1 amide bonds. The molecule has 0 saturated heterocycles. The smallest absolute Gasteiger partial charge is 0.322 e. The fourth-order valence-corrected chi connectivity index (χ4v) is 7.30. The van der Waals surface area contributed by atoms with Crippen molar-refractivity contribution in [3.8, 4) is 12.3 Å². The van der Waals surface area contributed by atoms with Gasteiger partial charge in [0.1, 0.15) is 12.1 Å². The van der Waals surface area contributed by atoms with Gasteiger partial charge in [0.25, 0.3) is 5.91 Å². The number of terminal acetylenes is 1. The van der Waals surface area contributed by atoms with Gasteiger partial charge in [-0.1, -0.05) is 30.5 Å². The second-order valence-electron chi connectivity index (χ2n) is 10.5. The normalized spacial score (nSPS) is 41.5. The molecule has 32 heavy (non-hydrogen) atoms. The molecular formula is C25H34N2O5. The first-order chi connectivity index (χ1) is 15.1. The Kier molecular flexibility index (Phi) is 5.87. The number of aliphatic hydroxyl groups is 1. The van der Waals surface area contributed by atoms with Crippen molar-refractivity contribution in [1.82, 2.24) is 5.32 Å². The first kappa shape index (κ1) is 22.8. The van der Waals surface area contributed by atoms with Crippen LogP contribution >= 0.6 is 0 Å². The van der Waals surface area contributed by atoms with Crippen LogP contribution in [0.1, 0.15) is 65.2 Å². The van der Waals surface area contributed by atoms with E-state index in [0.29, 0.717) is 24.2 Å². The van der Waals surface area contributed by atoms with Crippen molar-refractivity contribution in [3.63, 3.8) is 0 Å². The van der Waals surface area contributed by atoms with Crippen LogP contribution in [-0.4, -0.2) is 46.6 Å². The monoisotopic (exact) mass is 442 g/mol. The fraction of sp³-hybridized carbons (Fsp3) is 0.720. The summed E-state index contributed by atoms with van der Waals surface area (Å²) in [6.07, 6.45) is 15.6. The zero-order valence-corrected chi connectivity index (χ0v) is 19.0. The maximum atomic E-state index is 11.6. The van der Waals surface area contributed by atoms with Crippen molar-refractivity contribution in [2.45, 2.75) is 70.8 Å². The van der Waals surface area contributed by atoms with Gasteiger partial charge in [0.15, 0.2) is 6.61 Å². The standard InChI is InChI=1S/C25H34N2O5/c1-4-25(31)12-9-20-18-6-5-16-13-17(27-32-15-21(28)26-14-22(29)30)7-10-23(16,2)19(18)8-11-24(20,25)3/h1,13,18-20,31H,5-12,14-15H2,2-3H3,(H,26,28)(H,29,30)/b27-17+/t18-,19+,20+,23+,24+,25-/m1/s1. The summed E-state index contributed by atoms with van der Waals surface area (Å²) in [7, 11) is 0. The minimum absolute atomic E-state index is 0.124. The third kappa shape index (κ3) is 3.63. The minimum atomic E-state index is -1.10. The van der Waals surface area contributed by atoms with Crippen LogP contribution in [-0.2, 0) is 14.4 Å². The van der Waals surface area contributed by atoms with E-state index >= 15 is 0 Å². The molecule has 0 spiro atoms. The number of aliphatic carboxylic acids is 1. The zero-order valence-electron chi connectivity index (χ0n) is 19.0. The molecule has 174 valence electrons. The molecule has 4 rings (SSSR count). The van der Waals surface area contributed by atoms with Crippen LogP contribution in [0.4, 0.5) is 0 Å². The van der Waals surface area contributed by atoms with Crippen molar-refractivity contribution in [2.24, 2.45) is 33.7 Å². The zero-order chi connectivity index (χ0) is 23.1. The molecular weight excluding hydrogens is 408 g/mol. The Bertz CT molecular complexity index is 904. The molecule has 3 N–H and O–H groups in total. The summed E-state index contributed by atoms with van der Waals surface area (Å²) < 4.78 is 0. The Morgan fingerprint density at radius 2 is 1.97 bits per heavy atom. The number of allylic oxidation sites excluding steroid dienone is 2. The summed E-state index contributed by atoms with van der Waals surface area (Å²) in [6, 6.07) is 0. The molecule has 0 aromatic rings. The SMILES string of the molecule is C#C[C@@]1(O)CC[C@H]2[C@@H]3CCC4=C/C(=N/OCC(=O)NCC(=O)O)CC[C@]4(C)[C@H]3CC[C@@]21C. The largest absolute Gasteiger partial charge is 0.480 e. The van der Waals surface area contributed by atoms with Crippen LogP contribution < -0.4 is 5.32 Å². The average Bonchev–Trinajstić information content (AvgIpc) is 3.04. The van der Waals surface area contributed by atoms with Crippen molar-refractivity contribution >= 4 is 17.6 Å². The molecule has 0 unspecified atom stereocenters. The molecule has 0 aromatic heterocycles. The first-order valence-corrected chi connectivity index (χ1v) is 11.7. The maximum absolute atomic E-state index is 11.6. The van der Waals surface area contributed by atoms with Crippen molar-refractivity contribution in [1.29, 1.82) is 0 Å². The lowest BCUT2D eigenvalue weighted by Crippen LogP contribution is -2.54. The summed E-state index contributed by atoms with van der Waals surface area (Å²) >= 11 is 0. The van der Waals surface area contributed by atoms with Crippen LogP contribution in [0.25, 0.3) is 0 Å². The lowest BCUT2D eigenvalue weighted by Gasteiger charge is -2.58. The predicted molar refractivity (Wildman–Crippen MR) is 120 cm³/mol. The number of nitrogens with one attached hydrogen (secondary N) is 1. The van der Waals surface area contributed by atoms with E-state index in [9.17, 15) is 14.7 Å². The second kappa shape index (κ2) is 8.22. The molecule has 0 radical (unpaired) electrons. The lowest BCUT2D eigenvalue weighted by molar-refractivity contribution is -0.138. The van der Waals surface area contributed by atoms with Gasteiger partial charge in [-0.05, 0) is 80.6 Å². The van der Waals surface area contributed by atoms with E-state index in [1.165, 1.54) is 5.57 Å². The van der Waals surface area contributed by atoms with E-state index < -0.39 is 24.0 Å². The third-order valence-corrected chi connectivity index (χ3v) is 9.18. The number of carboxylic acids is 1. The van der Waals surface area contributed by atoms with Gasteiger partial charge in [-0.3, -0.25) is 9.59 Å². The first-order valence-electron chi connectivity index (χ1n) is 11.7. The molecule has 3 saturated carbocycles. The molecule has 0 aromatic carbocycles.